The first-order chi connectivity index (χ1) is 6.19. The van der Waals surface area contributed by atoms with Crippen LogP contribution in [0.25, 0.3) is 0 Å². The predicted molar refractivity (Wildman–Crippen MR) is 56.7 cm³/mol. The average Bonchev–Trinajstić information content (AvgIpc) is 2.16. The van der Waals surface area contributed by atoms with E-state index in [1.807, 2.05) is 18.2 Å². The molecule has 0 aromatic heterocycles. The van der Waals surface area contributed by atoms with E-state index in [-0.39, 0.29) is 6.04 Å². The fraction of sp³-hybridized carbons (Fsp3) is 0.333. The molecule has 1 aromatic carbocycles. The maximum atomic E-state index is 5.79. The van der Waals surface area contributed by atoms with E-state index in [2.05, 4.69) is 15.9 Å². The first kappa shape index (κ1) is 10.5. The molecular weight excluding hydrogens is 232 g/mol. The molecule has 0 aliphatic carbocycles. The molecule has 1 aromatic rings. The molecule has 1 unspecified atom stereocenters. The van der Waals surface area contributed by atoms with Gasteiger partial charge in [-0.2, -0.15) is 0 Å². The second kappa shape index (κ2) is 4.60. The average molecular weight is 245 g/mol. The number of hydrogen-bond acceptors (Lipinski definition) is 3. The lowest BCUT2D eigenvalue weighted by Gasteiger charge is -2.12. The minimum absolute atomic E-state index is 0.125. The fourth-order valence-electron chi connectivity index (χ4n) is 1.06. The topological polar surface area (TPSA) is 61.3 Å². The number of halogens is 1. The molecule has 0 amide bonds. The number of benzene rings is 1. The summed E-state index contributed by atoms with van der Waals surface area (Å²) in [6.45, 7) is 0.435. The summed E-state index contributed by atoms with van der Waals surface area (Å²) in [5.41, 5.74) is 12.3. The lowest BCUT2D eigenvalue weighted by molar-refractivity contribution is 0.414. The largest absolute Gasteiger partial charge is 0.497 e. The Labute approximate surface area is 86.2 Å². The van der Waals surface area contributed by atoms with Crippen molar-refractivity contribution in [3.8, 4) is 5.75 Å². The quantitative estimate of drug-likeness (QED) is 0.846. The smallest absolute Gasteiger partial charge is 0.120 e. The van der Waals surface area contributed by atoms with Crippen molar-refractivity contribution in [2.24, 2.45) is 11.5 Å². The molecule has 0 spiro atoms. The van der Waals surface area contributed by atoms with Crippen LogP contribution in [-0.4, -0.2) is 13.7 Å². The van der Waals surface area contributed by atoms with Crippen LogP contribution in [0, 0.1) is 0 Å². The van der Waals surface area contributed by atoms with Crippen LogP contribution >= 0.6 is 15.9 Å². The van der Waals surface area contributed by atoms with Gasteiger partial charge in [0.2, 0.25) is 0 Å². The Kier molecular flexibility index (Phi) is 3.71. The van der Waals surface area contributed by atoms with E-state index >= 15 is 0 Å². The van der Waals surface area contributed by atoms with Crippen molar-refractivity contribution in [3.63, 3.8) is 0 Å². The molecule has 0 heterocycles. The van der Waals surface area contributed by atoms with Gasteiger partial charge in [-0.25, -0.2) is 0 Å². The molecule has 1 rings (SSSR count). The van der Waals surface area contributed by atoms with E-state index in [1.54, 1.807) is 7.11 Å². The van der Waals surface area contributed by atoms with Gasteiger partial charge in [-0.05, 0) is 17.7 Å². The van der Waals surface area contributed by atoms with Crippen molar-refractivity contribution in [1.29, 1.82) is 0 Å². The minimum Gasteiger partial charge on any atom is -0.497 e. The molecule has 0 aliphatic rings. The van der Waals surface area contributed by atoms with Gasteiger partial charge in [0, 0.05) is 17.1 Å². The van der Waals surface area contributed by atoms with Crippen LogP contribution in [-0.2, 0) is 0 Å². The van der Waals surface area contributed by atoms with Crippen LogP contribution in [0.3, 0.4) is 0 Å². The highest BCUT2D eigenvalue weighted by Crippen LogP contribution is 2.26. The van der Waals surface area contributed by atoms with Crippen molar-refractivity contribution in [3.05, 3.63) is 28.2 Å². The number of ether oxygens (including phenoxy) is 1. The SMILES string of the molecule is COc1ccc(C(N)CN)c(Br)c1. The zero-order valence-electron chi connectivity index (χ0n) is 7.46. The van der Waals surface area contributed by atoms with Crippen LogP contribution in [0.5, 0.6) is 5.75 Å². The minimum atomic E-state index is -0.125. The van der Waals surface area contributed by atoms with Crippen LogP contribution < -0.4 is 16.2 Å². The molecule has 72 valence electrons. The Morgan fingerprint density at radius 2 is 2.23 bits per heavy atom. The summed E-state index contributed by atoms with van der Waals surface area (Å²) < 4.78 is 6.00. The van der Waals surface area contributed by atoms with Gasteiger partial charge in [0.05, 0.1) is 7.11 Å². The fourth-order valence-corrected chi connectivity index (χ4v) is 1.71. The van der Waals surface area contributed by atoms with E-state index in [0.717, 1.165) is 15.8 Å². The molecule has 0 saturated heterocycles. The molecule has 3 nitrogen and oxygen atoms in total. The number of hydrogen-bond donors (Lipinski definition) is 2. The van der Waals surface area contributed by atoms with Crippen LogP contribution in [0.15, 0.2) is 22.7 Å². The van der Waals surface area contributed by atoms with Gasteiger partial charge in [0.1, 0.15) is 5.75 Å². The second-order valence-electron chi connectivity index (χ2n) is 2.73. The summed E-state index contributed by atoms with van der Waals surface area (Å²) in [7, 11) is 1.63. The van der Waals surface area contributed by atoms with Gasteiger partial charge in [0.25, 0.3) is 0 Å². The lowest BCUT2D eigenvalue weighted by atomic mass is 10.1. The van der Waals surface area contributed by atoms with E-state index in [1.165, 1.54) is 0 Å². The summed E-state index contributed by atoms with van der Waals surface area (Å²) in [5, 5.41) is 0. The summed E-state index contributed by atoms with van der Waals surface area (Å²) in [6, 6.07) is 5.54. The summed E-state index contributed by atoms with van der Waals surface area (Å²) in [4.78, 5) is 0. The molecule has 1 atom stereocenters. The summed E-state index contributed by atoms with van der Waals surface area (Å²) in [5.74, 6) is 0.805. The van der Waals surface area contributed by atoms with Crippen LogP contribution in [0.2, 0.25) is 0 Å². The Balaban J connectivity index is 2.98. The Hall–Kier alpha value is -0.580. The highest BCUT2D eigenvalue weighted by Gasteiger charge is 2.08. The monoisotopic (exact) mass is 244 g/mol. The Morgan fingerprint density at radius 1 is 1.54 bits per heavy atom. The third kappa shape index (κ3) is 2.43. The molecule has 4 heteroatoms. The third-order valence-electron chi connectivity index (χ3n) is 1.86. The third-order valence-corrected chi connectivity index (χ3v) is 2.55. The molecular formula is C9H13BrN2O. The molecule has 0 bridgehead atoms. The van der Waals surface area contributed by atoms with Crippen LogP contribution in [0.4, 0.5) is 0 Å². The maximum absolute atomic E-state index is 5.79. The highest BCUT2D eigenvalue weighted by molar-refractivity contribution is 9.10. The van der Waals surface area contributed by atoms with Crippen molar-refractivity contribution in [1.82, 2.24) is 0 Å². The van der Waals surface area contributed by atoms with E-state index in [4.69, 9.17) is 16.2 Å². The van der Waals surface area contributed by atoms with Crippen LogP contribution in [0.1, 0.15) is 11.6 Å². The number of methoxy groups -OCH3 is 1. The lowest BCUT2D eigenvalue weighted by Crippen LogP contribution is -2.21. The van der Waals surface area contributed by atoms with Gasteiger partial charge < -0.3 is 16.2 Å². The zero-order valence-corrected chi connectivity index (χ0v) is 9.04. The van der Waals surface area contributed by atoms with Gasteiger partial charge in [-0.15, -0.1) is 0 Å². The zero-order chi connectivity index (χ0) is 9.84. The molecule has 0 saturated carbocycles. The van der Waals surface area contributed by atoms with E-state index < -0.39 is 0 Å². The van der Waals surface area contributed by atoms with Crippen molar-refractivity contribution in [2.45, 2.75) is 6.04 Å². The number of nitrogens with two attached hydrogens (primary N) is 2. The van der Waals surface area contributed by atoms with E-state index in [9.17, 15) is 0 Å². The Morgan fingerprint density at radius 3 is 2.69 bits per heavy atom. The summed E-state index contributed by atoms with van der Waals surface area (Å²) >= 11 is 3.41. The second-order valence-corrected chi connectivity index (χ2v) is 3.58. The molecule has 4 N–H and O–H groups in total. The van der Waals surface area contributed by atoms with Gasteiger partial charge in [0.15, 0.2) is 0 Å². The molecule has 0 aliphatic heterocycles. The predicted octanol–water partition coefficient (Wildman–Crippen LogP) is 1.42. The molecule has 0 radical (unpaired) electrons. The van der Waals surface area contributed by atoms with Gasteiger partial charge in [-0.3, -0.25) is 0 Å². The molecule has 13 heavy (non-hydrogen) atoms. The summed E-state index contributed by atoms with van der Waals surface area (Å²) in [6.07, 6.45) is 0. The van der Waals surface area contributed by atoms with Crippen molar-refractivity contribution >= 4 is 15.9 Å². The van der Waals surface area contributed by atoms with Crippen molar-refractivity contribution in [2.75, 3.05) is 13.7 Å². The van der Waals surface area contributed by atoms with Crippen molar-refractivity contribution < 1.29 is 4.74 Å². The van der Waals surface area contributed by atoms with E-state index in [0.29, 0.717) is 6.54 Å². The number of rotatable bonds is 3. The molecule has 0 fully saturated rings. The normalized spacial score (nSPS) is 12.6. The highest BCUT2D eigenvalue weighted by atomic mass is 79.9. The first-order valence-electron chi connectivity index (χ1n) is 3.98. The standard InChI is InChI=1S/C9H13BrN2O/c1-13-6-2-3-7(8(10)4-6)9(12)5-11/h2-4,9H,5,11-12H2,1H3. The Bertz CT molecular complexity index is 291. The van der Waals surface area contributed by atoms with Gasteiger partial charge in [-0.1, -0.05) is 22.0 Å². The maximum Gasteiger partial charge on any atom is 0.120 e. The van der Waals surface area contributed by atoms with Gasteiger partial charge >= 0.3 is 0 Å². The first-order valence-corrected chi connectivity index (χ1v) is 4.77.